The summed E-state index contributed by atoms with van der Waals surface area (Å²) >= 11 is 13.0. The Bertz CT molecular complexity index is 1030. The topological polar surface area (TPSA) is 58.6 Å². The zero-order valence-corrected chi connectivity index (χ0v) is 22.8. The first-order valence-electron chi connectivity index (χ1n) is 13.2. The van der Waals surface area contributed by atoms with Gasteiger partial charge in [-0.05, 0) is 85.8 Å². The summed E-state index contributed by atoms with van der Waals surface area (Å²) in [5, 5.41) is 3.72. The molecule has 1 saturated heterocycles. The monoisotopic (exact) mass is 520 g/mol. The number of halogens is 2. The quantitative estimate of drug-likeness (QED) is 0.510. The van der Waals surface area contributed by atoms with Crippen molar-refractivity contribution in [3.05, 3.63) is 27.7 Å². The van der Waals surface area contributed by atoms with Gasteiger partial charge in [0.05, 0.1) is 5.02 Å². The van der Waals surface area contributed by atoms with Gasteiger partial charge in [-0.2, -0.15) is 0 Å². The number of nitrogens with zero attached hydrogens (tertiary/aromatic N) is 1. The number of nitrogens with one attached hydrogen (secondary N) is 1. The lowest BCUT2D eigenvalue weighted by Crippen LogP contribution is -2.61. The highest BCUT2D eigenvalue weighted by molar-refractivity contribution is 6.43. The number of fused-ring (bicyclic) bond motifs is 5. The number of piperidine rings is 1. The zero-order valence-electron chi connectivity index (χ0n) is 21.3. The van der Waals surface area contributed by atoms with Gasteiger partial charge in [-0.15, -0.1) is 0 Å². The molecule has 1 heterocycles. The Labute approximate surface area is 219 Å². The van der Waals surface area contributed by atoms with E-state index in [1.165, 1.54) is 26.2 Å². The molecule has 0 radical (unpaired) electrons. The Kier molecular flexibility index (Phi) is 6.57. The first kappa shape index (κ1) is 25.2. The van der Waals surface area contributed by atoms with Crippen molar-refractivity contribution in [2.24, 2.45) is 28.6 Å². The van der Waals surface area contributed by atoms with Crippen LogP contribution < -0.4 is 10.1 Å². The summed E-state index contributed by atoms with van der Waals surface area (Å²) in [5.41, 5.74) is 1.21. The van der Waals surface area contributed by atoms with Gasteiger partial charge in [0.25, 0.3) is 0 Å². The van der Waals surface area contributed by atoms with Crippen molar-refractivity contribution in [2.75, 3.05) is 7.05 Å². The minimum atomic E-state index is -0.0848. The average Bonchev–Trinajstić information content (AvgIpc) is 3.14. The normalized spacial score (nSPS) is 38.4. The smallest absolute Gasteiger partial charge is 0.222 e. The molecule has 7 atom stereocenters. The van der Waals surface area contributed by atoms with Crippen molar-refractivity contribution >= 4 is 35.0 Å². The summed E-state index contributed by atoms with van der Waals surface area (Å²) in [6, 6.07) is 4.10. The molecule has 2 amide bonds. The maximum atomic E-state index is 12.4. The summed E-state index contributed by atoms with van der Waals surface area (Å²) in [5.74, 6) is 2.85. The van der Waals surface area contributed by atoms with Crippen LogP contribution in [0.5, 0.6) is 5.75 Å². The van der Waals surface area contributed by atoms with Crippen LogP contribution in [0.4, 0.5) is 0 Å². The maximum Gasteiger partial charge on any atom is 0.222 e. The van der Waals surface area contributed by atoms with Crippen LogP contribution in [0.3, 0.4) is 0 Å². The molecule has 1 aliphatic heterocycles. The highest BCUT2D eigenvalue weighted by Gasteiger charge is 2.61. The number of amides is 2. The molecular formula is C28H38Cl2N2O3. The van der Waals surface area contributed by atoms with Crippen LogP contribution >= 0.6 is 23.2 Å². The van der Waals surface area contributed by atoms with Crippen molar-refractivity contribution in [1.29, 1.82) is 0 Å². The Hall–Kier alpha value is -1.46. The number of hydrogen-bond donors (Lipinski definition) is 1. The Morgan fingerprint density at radius 1 is 1.09 bits per heavy atom. The van der Waals surface area contributed by atoms with Crippen LogP contribution in [0.25, 0.3) is 0 Å². The largest absolute Gasteiger partial charge is 0.488 e. The fourth-order valence-corrected chi connectivity index (χ4v) is 8.87. The number of carbonyl (C=O) groups excluding carboxylic acids is 2. The summed E-state index contributed by atoms with van der Waals surface area (Å²) in [6.45, 7) is 6.79. The third kappa shape index (κ3) is 4.15. The summed E-state index contributed by atoms with van der Waals surface area (Å²) in [7, 11) is 2.02. The second kappa shape index (κ2) is 9.13. The van der Waals surface area contributed by atoms with Gasteiger partial charge in [0.1, 0.15) is 16.9 Å². The molecule has 1 aromatic rings. The second-order valence-corrected chi connectivity index (χ2v) is 12.8. The van der Waals surface area contributed by atoms with Gasteiger partial charge >= 0.3 is 0 Å². The molecule has 7 heteroatoms. The minimum absolute atomic E-state index is 0.0848. The van der Waals surface area contributed by atoms with Crippen LogP contribution in [0, 0.1) is 28.6 Å². The molecule has 1 aromatic carbocycles. The van der Waals surface area contributed by atoms with E-state index in [9.17, 15) is 9.59 Å². The van der Waals surface area contributed by atoms with E-state index in [0.29, 0.717) is 58.5 Å². The third-order valence-corrected chi connectivity index (χ3v) is 11.1. The molecule has 5 rings (SSSR count). The second-order valence-electron chi connectivity index (χ2n) is 12.0. The molecule has 4 aliphatic rings. The van der Waals surface area contributed by atoms with E-state index in [1.54, 1.807) is 6.07 Å². The van der Waals surface area contributed by atoms with Crippen LogP contribution in [0.15, 0.2) is 12.1 Å². The summed E-state index contributed by atoms with van der Waals surface area (Å²) in [6.07, 6.45) is 8.67. The predicted molar refractivity (Wildman–Crippen MR) is 139 cm³/mol. The van der Waals surface area contributed by atoms with E-state index in [-0.39, 0.29) is 22.8 Å². The lowest BCUT2D eigenvalue weighted by atomic mass is 9.47. The summed E-state index contributed by atoms with van der Waals surface area (Å²) < 4.78 is 6.67. The van der Waals surface area contributed by atoms with Gasteiger partial charge in [-0.3, -0.25) is 9.59 Å². The number of benzene rings is 1. The zero-order chi connectivity index (χ0) is 25.1. The molecular weight excluding hydrogens is 483 g/mol. The van der Waals surface area contributed by atoms with Gasteiger partial charge in [0, 0.05) is 38.4 Å². The molecule has 192 valence electrons. The van der Waals surface area contributed by atoms with Gasteiger partial charge in [-0.1, -0.05) is 37.0 Å². The Morgan fingerprint density at radius 3 is 2.57 bits per heavy atom. The van der Waals surface area contributed by atoms with Gasteiger partial charge in [-0.25, -0.2) is 0 Å². The van der Waals surface area contributed by atoms with Crippen LogP contribution in [-0.2, 0) is 16.1 Å². The average molecular weight is 522 g/mol. The Morgan fingerprint density at radius 2 is 1.83 bits per heavy atom. The van der Waals surface area contributed by atoms with Crippen molar-refractivity contribution in [2.45, 2.75) is 90.8 Å². The molecule has 0 aromatic heterocycles. The van der Waals surface area contributed by atoms with Gasteiger partial charge in [0.15, 0.2) is 0 Å². The molecule has 1 N–H and O–H groups in total. The number of ether oxygens (including phenoxy) is 1. The fourth-order valence-electron chi connectivity index (χ4n) is 8.48. The van der Waals surface area contributed by atoms with Crippen molar-refractivity contribution in [3.8, 4) is 5.75 Å². The molecule has 3 saturated carbocycles. The minimum Gasteiger partial charge on any atom is -0.488 e. The fraction of sp³-hybridized carbons (Fsp3) is 0.714. The van der Waals surface area contributed by atoms with Crippen molar-refractivity contribution < 1.29 is 14.3 Å². The van der Waals surface area contributed by atoms with Gasteiger partial charge in [0.2, 0.25) is 11.8 Å². The van der Waals surface area contributed by atoms with Gasteiger partial charge < -0.3 is 15.0 Å². The molecule has 0 bridgehead atoms. The number of carbonyl (C=O) groups is 2. The SMILES string of the molecule is CC(=O)NCc1cc(Cl)c(Cl)c(O[C@H]2CC[C@H]3[C@@H]4CCC5N(C)C(=O)CC[C@]5(C)[C@H]4CC[C@]23C)c1. The van der Waals surface area contributed by atoms with Crippen LogP contribution in [0.1, 0.15) is 77.7 Å². The third-order valence-electron chi connectivity index (χ3n) is 10.3. The van der Waals surface area contributed by atoms with Crippen molar-refractivity contribution in [1.82, 2.24) is 10.2 Å². The molecule has 35 heavy (non-hydrogen) atoms. The van der Waals surface area contributed by atoms with E-state index in [0.717, 1.165) is 31.2 Å². The number of hydrogen-bond acceptors (Lipinski definition) is 3. The van der Waals surface area contributed by atoms with E-state index in [1.807, 2.05) is 13.1 Å². The van der Waals surface area contributed by atoms with Crippen LogP contribution in [-0.4, -0.2) is 35.9 Å². The molecule has 0 spiro atoms. The maximum absolute atomic E-state index is 12.4. The van der Waals surface area contributed by atoms with E-state index < -0.39 is 0 Å². The first-order chi connectivity index (χ1) is 16.5. The van der Waals surface area contributed by atoms with Crippen molar-refractivity contribution in [3.63, 3.8) is 0 Å². The molecule has 3 aliphatic carbocycles. The predicted octanol–water partition coefficient (Wildman–Crippen LogP) is 6.24. The molecule has 5 nitrogen and oxygen atoms in total. The van der Waals surface area contributed by atoms with E-state index in [2.05, 4.69) is 24.1 Å². The molecule has 1 unspecified atom stereocenters. The first-order valence-corrected chi connectivity index (χ1v) is 13.9. The van der Waals surface area contributed by atoms with Crippen LogP contribution in [0.2, 0.25) is 10.0 Å². The lowest BCUT2D eigenvalue weighted by Gasteiger charge is -2.61. The van der Waals surface area contributed by atoms with E-state index in [4.69, 9.17) is 27.9 Å². The highest BCUT2D eigenvalue weighted by atomic mass is 35.5. The van der Waals surface area contributed by atoms with E-state index >= 15 is 0 Å². The number of likely N-dealkylation sites (tertiary alicyclic amines) is 1. The molecule has 4 fully saturated rings. The lowest BCUT2D eigenvalue weighted by molar-refractivity contribution is -0.159. The number of rotatable bonds is 4. The standard InChI is InChI=1S/C28H38Cl2N2O3/c1-16(33)31-15-17-13-21(29)26(30)22(14-17)35-24-8-6-19-18-5-7-23-27(2,12-10-25(34)32(23)4)20(18)9-11-28(19,24)3/h13-14,18-20,23-24H,5-12,15H2,1-4H3,(H,31,33)/t18-,19-,20-,23?,24-,27+,28-/m0/s1. The Balaban J connectivity index is 1.36. The summed E-state index contributed by atoms with van der Waals surface area (Å²) in [4.78, 5) is 25.9. The highest BCUT2D eigenvalue weighted by Crippen LogP contribution is 2.65.